The van der Waals surface area contributed by atoms with Crippen molar-refractivity contribution >= 4 is 11.6 Å². The van der Waals surface area contributed by atoms with Crippen molar-refractivity contribution in [3.8, 4) is 0 Å². The summed E-state index contributed by atoms with van der Waals surface area (Å²) < 4.78 is 0. The molecule has 2 aromatic rings. The van der Waals surface area contributed by atoms with Crippen molar-refractivity contribution in [3.63, 3.8) is 0 Å². The summed E-state index contributed by atoms with van der Waals surface area (Å²) in [4.78, 5) is 19.9. The van der Waals surface area contributed by atoms with E-state index in [9.17, 15) is 4.79 Å². The average molecular weight is 268 g/mol. The van der Waals surface area contributed by atoms with Crippen molar-refractivity contribution in [1.29, 1.82) is 0 Å². The molecule has 1 heterocycles. The molecule has 102 valence electrons. The van der Waals surface area contributed by atoms with Gasteiger partial charge in [-0.25, -0.2) is 9.97 Å². The van der Waals surface area contributed by atoms with Crippen LogP contribution in [0.25, 0.3) is 0 Å². The molecule has 5 heteroatoms. The summed E-state index contributed by atoms with van der Waals surface area (Å²) in [5.41, 5.74) is 9.46. The van der Waals surface area contributed by atoms with Crippen LogP contribution in [0.2, 0.25) is 0 Å². The van der Waals surface area contributed by atoms with Crippen LogP contribution in [0.5, 0.6) is 0 Å². The number of amides is 1. The van der Waals surface area contributed by atoms with Crippen LogP contribution in [0, 0.1) is 0 Å². The van der Waals surface area contributed by atoms with Gasteiger partial charge in [-0.1, -0.05) is 6.07 Å². The van der Waals surface area contributed by atoms with E-state index in [1.807, 2.05) is 18.2 Å². The number of fused-ring (bicyclic) bond motifs is 1. The lowest BCUT2D eigenvalue weighted by Crippen LogP contribution is -2.31. The van der Waals surface area contributed by atoms with Gasteiger partial charge in [0.1, 0.15) is 6.33 Å². The molecule has 0 fully saturated rings. The molecule has 1 aromatic carbocycles. The van der Waals surface area contributed by atoms with E-state index in [4.69, 9.17) is 5.73 Å². The maximum absolute atomic E-state index is 12.2. The van der Waals surface area contributed by atoms with Crippen LogP contribution in [0.3, 0.4) is 0 Å². The van der Waals surface area contributed by atoms with E-state index < -0.39 is 0 Å². The molecular formula is C15H16N4O. The maximum Gasteiger partial charge on any atom is 0.254 e. The van der Waals surface area contributed by atoms with E-state index >= 15 is 0 Å². The first-order chi connectivity index (χ1) is 9.74. The van der Waals surface area contributed by atoms with Gasteiger partial charge in [0.05, 0.1) is 11.6 Å². The van der Waals surface area contributed by atoms with Gasteiger partial charge in [-0.2, -0.15) is 0 Å². The number of hydrogen-bond acceptors (Lipinski definition) is 4. The second kappa shape index (κ2) is 5.28. The van der Waals surface area contributed by atoms with Crippen LogP contribution in [-0.4, -0.2) is 15.9 Å². The maximum atomic E-state index is 12.2. The standard InChI is InChI=1S/C15H16N4O/c16-12-4-5-13-10(6-12)2-1-3-14(13)19-15(20)11-7-17-9-18-8-11/h4-9,14H,1-3,16H2,(H,19,20). The van der Waals surface area contributed by atoms with E-state index in [1.165, 1.54) is 24.3 Å². The lowest BCUT2D eigenvalue weighted by Gasteiger charge is -2.26. The Balaban J connectivity index is 1.81. The number of nitrogens with zero attached hydrogens (tertiary/aromatic N) is 2. The van der Waals surface area contributed by atoms with Gasteiger partial charge in [0.2, 0.25) is 0 Å². The van der Waals surface area contributed by atoms with Gasteiger partial charge < -0.3 is 11.1 Å². The summed E-state index contributed by atoms with van der Waals surface area (Å²) in [7, 11) is 0. The van der Waals surface area contributed by atoms with Crippen molar-refractivity contribution in [2.45, 2.75) is 25.3 Å². The molecule has 0 saturated heterocycles. The zero-order valence-electron chi connectivity index (χ0n) is 11.0. The summed E-state index contributed by atoms with van der Waals surface area (Å²) in [5.74, 6) is -0.139. The van der Waals surface area contributed by atoms with Gasteiger partial charge in [-0.15, -0.1) is 0 Å². The minimum absolute atomic E-state index is 0.0343. The number of aromatic nitrogens is 2. The smallest absolute Gasteiger partial charge is 0.254 e. The van der Waals surface area contributed by atoms with E-state index in [0.29, 0.717) is 5.56 Å². The zero-order chi connectivity index (χ0) is 13.9. The lowest BCUT2D eigenvalue weighted by atomic mass is 9.87. The van der Waals surface area contributed by atoms with Gasteiger partial charge in [0.15, 0.2) is 0 Å². The SMILES string of the molecule is Nc1ccc2c(c1)CCCC2NC(=O)c1cncnc1. The molecule has 1 aromatic heterocycles. The molecule has 5 nitrogen and oxygen atoms in total. The van der Waals surface area contributed by atoms with Crippen molar-refractivity contribution in [3.05, 3.63) is 53.6 Å². The lowest BCUT2D eigenvalue weighted by molar-refractivity contribution is 0.0932. The van der Waals surface area contributed by atoms with Crippen molar-refractivity contribution in [2.75, 3.05) is 5.73 Å². The van der Waals surface area contributed by atoms with Crippen molar-refractivity contribution in [1.82, 2.24) is 15.3 Å². The van der Waals surface area contributed by atoms with Crippen LogP contribution < -0.4 is 11.1 Å². The Bertz CT molecular complexity index is 627. The second-order valence-corrected chi connectivity index (χ2v) is 5.00. The molecular weight excluding hydrogens is 252 g/mol. The average Bonchev–Trinajstić information content (AvgIpc) is 2.48. The van der Waals surface area contributed by atoms with E-state index in [0.717, 1.165) is 30.5 Å². The summed E-state index contributed by atoms with van der Waals surface area (Å²) in [5, 5.41) is 3.05. The first kappa shape index (κ1) is 12.6. The van der Waals surface area contributed by atoms with Crippen LogP contribution >= 0.6 is 0 Å². The number of nitrogen functional groups attached to an aromatic ring is 1. The van der Waals surface area contributed by atoms with Gasteiger partial charge in [-0.05, 0) is 42.5 Å². The second-order valence-electron chi connectivity index (χ2n) is 5.00. The Hall–Kier alpha value is -2.43. The Labute approximate surface area is 117 Å². The molecule has 1 atom stereocenters. The minimum atomic E-state index is -0.139. The number of benzene rings is 1. The predicted molar refractivity (Wildman–Crippen MR) is 76.0 cm³/mol. The highest BCUT2D eigenvalue weighted by Crippen LogP contribution is 2.31. The summed E-state index contributed by atoms with van der Waals surface area (Å²) in [6.45, 7) is 0. The molecule has 1 unspecified atom stereocenters. The summed E-state index contributed by atoms with van der Waals surface area (Å²) in [6, 6.07) is 5.93. The molecule has 0 bridgehead atoms. The highest BCUT2D eigenvalue weighted by Gasteiger charge is 2.22. The quantitative estimate of drug-likeness (QED) is 0.815. The Kier molecular flexibility index (Phi) is 3.33. The number of nitrogens with one attached hydrogen (secondary N) is 1. The molecule has 0 spiro atoms. The first-order valence-electron chi connectivity index (χ1n) is 6.68. The number of nitrogens with two attached hydrogens (primary N) is 1. The highest BCUT2D eigenvalue weighted by atomic mass is 16.1. The molecule has 0 radical (unpaired) electrons. The van der Waals surface area contributed by atoms with Gasteiger partial charge in [0.25, 0.3) is 5.91 Å². The van der Waals surface area contributed by atoms with E-state index in [-0.39, 0.29) is 11.9 Å². The van der Waals surface area contributed by atoms with Crippen molar-refractivity contribution in [2.24, 2.45) is 0 Å². The monoisotopic (exact) mass is 268 g/mol. The Morgan fingerprint density at radius 3 is 2.90 bits per heavy atom. The number of hydrogen-bond donors (Lipinski definition) is 2. The predicted octanol–water partition coefficient (Wildman–Crippen LogP) is 1.87. The first-order valence-corrected chi connectivity index (χ1v) is 6.68. The number of carbonyl (C=O) groups excluding carboxylic acids is 1. The zero-order valence-corrected chi connectivity index (χ0v) is 11.0. The molecule has 0 saturated carbocycles. The summed E-state index contributed by atoms with van der Waals surface area (Å²) >= 11 is 0. The third-order valence-corrected chi connectivity index (χ3v) is 3.61. The molecule has 3 N–H and O–H groups in total. The van der Waals surface area contributed by atoms with Crippen LogP contribution in [0.4, 0.5) is 5.69 Å². The number of aryl methyl sites for hydroxylation is 1. The van der Waals surface area contributed by atoms with Gasteiger partial charge >= 0.3 is 0 Å². The van der Waals surface area contributed by atoms with Crippen LogP contribution in [0.15, 0.2) is 36.9 Å². The summed E-state index contributed by atoms with van der Waals surface area (Å²) in [6.07, 6.45) is 7.46. The fraction of sp³-hybridized carbons (Fsp3) is 0.267. The largest absolute Gasteiger partial charge is 0.399 e. The van der Waals surface area contributed by atoms with Crippen LogP contribution in [0.1, 0.15) is 40.4 Å². The number of carbonyl (C=O) groups is 1. The topological polar surface area (TPSA) is 80.9 Å². The molecule has 0 aliphatic heterocycles. The third kappa shape index (κ3) is 2.47. The molecule has 1 aliphatic rings. The number of anilines is 1. The van der Waals surface area contributed by atoms with Gasteiger partial charge in [0, 0.05) is 18.1 Å². The fourth-order valence-corrected chi connectivity index (χ4v) is 2.64. The normalized spacial score (nSPS) is 17.3. The fourth-order valence-electron chi connectivity index (χ4n) is 2.64. The van der Waals surface area contributed by atoms with E-state index in [1.54, 1.807) is 0 Å². The van der Waals surface area contributed by atoms with Crippen molar-refractivity contribution < 1.29 is 4.79 Å². The number of rotatable bonds is 2. The Morgan fingerprint density at radius 1 is 1.30 bits per heavy atom. The molecule has 3 rings (SSSR count). The third-order valence-electron chi connectivity index (χ3n) is 3.61. The molecule has 1 aliphatic carbocycles. The van der Waals surface area contributed by atoms with Gasteiger partial charge in [-0.3, -0.25) is 4.79 Å². The minimum Gasteiger partial charge on any atom is -0.399 e. The van der Waals surface area contributed by atoms with Crippen LogP contribution in [-0.2, 0) is 6.42 Å². The highest BCUT2D eigenvalue weighted by molar-refractivity contribution is 5.93. The molecule has 1 amide bonds. The van der Waals surface area contributed by atoms with E-state index in [2.05, 4.69) is 15.3 Å². The Morgan fingerprint density at radius 2 is 2.10 bits per heavy atom. The molecule has 20 heavy (non-hydrogen) atoms.